The Balaban J connectivity index is 1.74. The second-order valence-corrected chi connectivity index (χ2v) is 6.57. The molecule has 2 N–H and O–H groups in total. The van der Waals surface area contributed by atoms with Gasteiger partial charge in [-0.05, 0) is 32.0 Å². The lowest BCUT2D eigenvalue weighted by Gasteiger charge is -2.15. The van der Waals surface area contributed by atoms with E-state index in [9.17, 15) is 22.8 Å². The molecule has 1 unspecified atom stereocenters. The fourth-order valence-corrected chi connectivity index (χ4v) is 2.83. The molecule has 0 saturated carbocycles. The van der Waals surface area contributed by atoms with Crippen LogP contribution in [-0.2, 0) is 24.6 Å². The van der Waals surface area contributed by atoms with Gasteiger partial charge in [0.2, 0.25) is 5.91 Å². The molecular formula is C18H19F3N6O3. The number of carbonyl (C=O) groups is 2. The Hall–Kier alpha value is -3.57. The summed E-state index contributed by atoms with van der Waals surface area (Å²) >= 11 is 0. The highest BCUT2D eigenvalue weighted by Crippen LogP contribution is 2.29. The summed E-state index contributed by atoms with van der Waals surface area (Å²) in [5.74, 6) is -0.619. The zero-order chi connectivity index (χ0) is 22.1. The van der Waals surface area contributed by atoms with E-state index in [1.54, 1.807) is 12.1 Å². The topological polar surface area (TPSA) is 107 Å². The van der Waals surface area contributed by atoms with Gasteiger partial charge in [-0.25, -0.2) is 0 Å². The molecule has 9 nitrogen and oxygen atoms in total. The first-order valence-corrected chi connectivity index (χ1v) is 8.84. The normalized spacial score (nSPS) is 12.6. The van der Waals surface area contributed by atoms with Gasteiger partial charge in [0.25, 0.3) is 5.91 Å². The van der Waals surface area contributed by atoms with Crippen molar-refractivity contribution < 1.29 is 27.2 Å². The molecule has 2 amide bonds. The third-order valence-corrected chi connectivity index (χ3v) is 4.37. The SMILES string of the molecule is Cc1cc(C(F)(F)F)nn1C(C)C(=O)Nc1cnn(C)c1C(=O)NCc1ccco1. The van der Waals surface area contributed by atoms with Gasteiger partial charge < -0.3 is 15.1 Å². The quantitative estimate of drug-likeness (QED) is 0.633. The molecule has 1 atom stereocenters. The minimum atomic E-state index is -4.62. The molecule has 0 aliphatic carbocycles. The van der Waals surface area contributed by atoms with Crippen molar-refractivity contribution in [3.8, 4) is 0 Å². The van der Waals surface area contributed by atoms with Gasteiger partial charge in [-0.3, -0.25) is 19.0 Å². The van der Waals surface area contributed by atoms with Crippen LogP contribution in [0.4, 0.5) is 18.9 Å². The Bertz CT molecular complexity index is 1050. The zero-order valence-corrected chi connectivity index (χ0v) is 16.3. The van der Waals surface area contributed by atoms with Crippen molar-refractivity contribution in [1.82, 2.24) is 24.9 Å². The molecule has 0 bridgehead atoms. The summed E-state index contributed by atoms with van der Waals surface area (Å²) in [6, 6.07) is 3.18. The molecule has 30 heavy (non-hydrogen) atoms. The number of rotatable bonds is 6. The molecule has 3 rings (SSSR count). The molecule has 0 aliphatic heterocycles. The summed E-state index contributed by atoms with van der Waals surface area (Å²) in [6.07, 6.45) is -1.86. The predicted molar refractivity (Wildman–Crippen MR) is 98.4 cm³/mol. The van der Waals surface area contributed by atoms with Crippen LogP contribution in [0.1, 0.15) is 40.6 Å². The Morgan fingerprint density at radius 2 is 2.07 bits per heavy atom. The van der Waals surface area contributed by atoms with Crippen molar-refractivity contribution in [2.45, 2.75) is 32.6 Å². The monoisotopic (exact) mass is 424 g/mol. The number of alkyl halides is 3. The largest absolute Gasteiger partial charge is 0.467 e. The maximum Gasteiger partial charge on any atom is 0.435 e. The van der Waals surface area contributed by atoms with E-state index >= 15 is 0 Å². The van der Waals surface area contributed by atoms with Crippen LogP contribution >= 0.6 is 0 Å². The van der Waals surface area contributed by atoms with Crippen LogP contribution in [0, 0.1) is 6.92 Å². The van der Waals surface area contributed by atoms with Crippen LogP contribution in [0.3, 0.4) is 0 Å². The summed E-state index contributed by atoms with van der Waals surface area (Å²) in [5.41, 5.74) is -0.714. The highest BCUT2D eigenvalue weighted by atomic mass is 19.4. The number of aromatic nitrogens is 4. The smallest absolute Gasteiger partial charge is 0.435 e. The number of halogens is 3. The summed E-state index contributed by atoms with van der Waals surface area (Å²) in [4.78, 5) is 25.1. The van der Waals surface area contributed by atoms with E-state index in [0.29, 0.717) is 5.76 Å². The lowest BCUT2D eigenvalue weighted by molar-refractivity contribution is -0.141. The second-order valence-electron chi connectivity index (χ2n) is 6.57. The summed E-state index contributed by atoms with van der Waals surface area (Å²) in [7, 11) is 1.52. The number of nitrogens with one attached hydrogen (secondary N) is 2. The van der Waals surface area contributed by atoms with Gasteiger partial charge in [0.15, 0.2) is 5.69 Å². The molecule has 3 aromatic rings. The fourth-order valence-electron chi connectivity index (χ4n) is 2.83. The molecule has 0 radical (unpaired) electrons. The summed E-state index contributed by atoms with van der Waals surface area (Å²) in [6.45, 7) is 2.96. The first-order chi connectivity index (χ1) is 14.1. The second kappa shape index (κ2) is 8.05. The maximum absolute atomic E-state index is 12.9. The number of nitrogens with zero attached hydrogens (tertiary/aromatic N) is 4. The minimum absolute atomic E-state index is 0.0790. The van der Waals surface area contributed by atoms with Crippen molar-refractivity contribution in [3.63, 3.8) is 0 Å². The van der Waals surface area contributed by atoms with E-state index in [-0.39, 0.29) is 23.6 Å². The number of hydrogen-bond donors (Lipinski definition) is 2. The van der Waals surface area contributed by atoms with Crippen molar-refractivity contribution in [1.29, 1.82) is 0 Å². The van der Waals surface area contributed by atoms with E-state index in [1.807, 2.05) is 0 Å². The van der Waals surface area contributed by atoms with Gasteiger partial charge in [-0.15, -0.1) is 0 Å². The zero-order valence-electron chi connectivity index (χ0n) is 16.3. The number of aryl methyl sites for hydroxylation is 2. The van der Waals surface area contributed by atoms with Crippen LogP contribution < -0.4 is 10.6 Å². The average molecular weight is 424 g/mol. The summed E-state index contributed by atoms with van der Waals surface area (Å²) < 4.78 is 46.0. The molecular weight excluding hydrogens is 405 g/mol. The Morgan fingerprint density at radius 3 is 2.67 bits per heavy atom. The molecule has 0 aromatic carbocycles. The van der Waals surface area contributed by atoms with Gasteiger partial charge in [-0.2, -0.15) is 23.4 Å². The Labute approximate surface area is 168 Å². The van der Waals surface area contributed by atoms with Crippen molar-refractivity contribution in [3.05, 3.63) is 53.5 Å². The van der Waals surface area contributed by atoms with E-state index in [1.165, 1.54) is 38.0 Å². The molecule has 160 valence electrons. The standard InChI is InChI=1S/C18H19F3N6O3/c1-10-7-14(18(19,20)21)25-27(10)11(2)16(28)24-13-9-23-26(3)15(13)17(29)22-8-12-5-4-6-30-12/h4-7,9,11H,8H2,1-3H3,(H,22,29)(H,24,28). The van der Waals surface area contributed by atoms with E-state index in [0.717, 1.165) is 10.7 Å². The number of carbonyl (C=O) groups excluding carboxylic acids is 2. The molecule has 12 heteroatoms. The first-order valence-electron chi connectivity index (χ1n) is 8.84. The molecule has 0 aliphatic rings. The lowest BCUT2D eigenvalue weighted by atomic mass is 10.2. The average Bonchev–Trinajstić information content (AvgIpc) is 3.39. The van der Waals surface area contributed by atoms with E-state index in [4.69, 9.17) is 4.42 Å². The van der Waals surface area contributed by atoms with E-state index in [2.05, 4.69) is 20.8 Å². The molecule has 0 fully saturated rings. The van der Waals surface area contributed by atoms with E-state index < -0.39 is 29.7 Å². The third kappa shape index (κ3) is 4.36. The molecule has 3 heterocycles. The number of furan rings is 1. The Kier molecular flexibility index (Phi) is 5.67. The van der Waals surface area contributed by atoms with Crippen LogP contribution in [0.5, 0.6) is 0 Å². The molecule has 0 saturated heterocycles. The number of hydrogen-bond acceptors (Lipinski definition) is 5. The van der Waals surface area contributed by atoms with Crippen LogP contribution in [-0.4, -0.2) is 31.4 Å². The third-order valence-electron chi connectivity index (χ3n) is 4.37. The number of anilines is 1. The maximum atomic E-state index is 12.9. The van der Waals surface area contributed by atoms with Crippen molar-refractivity contribution in [2.24, 2.45) is 7.05 Å². The van der Waals surface area contributed by atoms with Crippen LogP contribution in [0.25, 0.3) is 0 Å². The van der Waals surface area contributed by atoms with Crippen LogP contribution in [0.2, 0.25) is 0 Å². The minimum Gasteiger partial charge on any atom is -0.467 e. The van der Waals surface area contributed by atoms with Crippen molar-refractivity contribution in [2.75, 3.05) is 5.32 Å². The first kappa shape index (κ1) is 21.1. The summed E-state index contributed by atoms with van der Waals surface area (Å²) in [5, 5.41) is 12.6. The predicted octanol–water partition coefficient (Wildman–Crippen LogP) is 2.67. The highest BCUT2D eigenvalue weighted by molar-refractivity contribution is 6.03. The van der Waals surface area contributed by atoms with Crippen LogP contribution in [0.15, 0.2) is 35.1 Å². The van der Waals surface area contributed by atoms with Gasteiger partial charge in [0.1, 0.15) is 17.5 Å². The highest BCUT2D eigenvalue weighted by Gasteiger charge is 2.35. The fraction of sp³-hybridized carbons (Fsp3) is 0.333. The molecule has 3 aromatic heterocycles. The van der Waals surface area contributed by atoms with Gasteiger partial charge >= 0.3 is 6.18 Å². The van der Waals surface area contributed by atoms with Gasteiger partial charge in [0.05, 0.1) is 24.7 Å². The van der Waals surface area contributed by atoms with Gasteiger partial charge in [-0.1, -0.05) is 0 Å². The van der Waals surface area contributed by atoms with Crippen molar-refractivity contribution >= 4 is 17.5 Å². The Morgan fingerprint density at radius 1 is 1.33 bits per heavy atom. The lowest BCUT2D eigenvalue weighted by Crippen LogP contribution is -2.29. The van der Waals surface area contributed by atoms with Gasteiger partial charge in [0, 0.05) is 12.7 Å². The number of amides is 2. The molecule has 0 spiro atoms.